The van der Waals surface area contributed by atoms with Crippen molar-refractivity contribution in [1.82, 2.24) is 15.4 Å². The largest absolute Gasteiger partial charge is 0.481 e. The Morgan fingerprint density at radius 3 is 2.45 bits per heavy atom. The molecular weight excluding hydrogens is 308 g/mol. The fraction of sp³-hybridized carbons (Fsp3) is 0.154. The molecule has 0 unspecified atom stereocenters. The Kier molecular flexibility index (Phi) is 4.56. The van der Waals surface area contributed by atoms with Gasteiger partial charge in [-0.25, -0.2) is 13.4 Å². The summed E-state index contributed by atoms with van der Waals surface area (Å²) in [4.78, 5) is 19.9. The van der Waals surface area contributed by atoms with Crippen LogP contribution in [-0.4, -0.2) is 37.7 Å². The number of nitrogens with zero attached hydrogens (tertiary/aromatic N) is 2. The van der Waals surface area contributed by atoms with Crippen LogP contribution >= 0.6 is 0 Å². The van der Waals surface area contributed by atoms with E-state index in [0.29, 0.717) is 11.4 Å². The molecule has 2 aromatic rings. The van der Waals surface area contributed by atoms with Crippen molar-refractivity contribution in [1.29, 1.82) is 0 Å². The fourth-order valence-electron chi connectivity index (χ4n) is 1.55. The van der Waals surface area contributed by atoms with E-state index in [0.717, 1.165) is 6.26 Å². The molecule has 0 fully saturated rings. The van der Waals surface area contributed by atoms with Crippen LogP contribution in [0.4, 0.5) is 5.95 Å². The molecule has 2 N–H and O–H groups in total. The van der Waals surface area contributed by atoms with Crippen molar-refractivity contribution >= 4 is 21.7 Å². The number of ether oxygens (including phenoxy) is 1. The molecule has 0 saturated heterocycles. The number of nitrogens with one attached hydrogen (secondary N) is 2. The first-order valence-electron chi connectivity index (χ1n) is 6.13. The van der Waals surface area contributed by atoms with Crippen molar-refractivity contribution in [2.45, 2.75) is 4.90 Å². The molecule has 0 aliphatic rings. The second kappa shape index (κ2) is 6.39. The summed E-state index contributed by atoms with van der Waals surface area (Å²) in [6, 6.07) is 7.13. The van der Waals surface area contributed by atoms with Gasteiger partial charge in [-0.3, -0.25) is 15.6 Å². The zero-order chi connectivity index (χ0) is 16.2. The molecule has 0 radical (unpaired) electrons. The Hall–Kier alpha value is -2.68. The third-order valence-electron chi connectivity index (χ3n) is 2.67. The predicted molar refractivity (Wildman–Crippen MR) is 79.2 cm³/mol. The van der Waals surface area contributed by atoms with Gasteiger partial charge in [-0.05, 0) is 24.3 Å². The van der Waals surface area contributed by atoms with Crippen LogP contribution in [0, 0.1) is 0 Å². The van der Waals surface area contributed by atoms with Crippen LogP contribution in [0.2, 0.25) is 0 Å². The molecule has 1 heterocycles. The van der Waals surface area contributed by atoms with Gasteiger partial charge in [-0.1, -0.05) is 0 Å². The van der Waals surface area contributed by atoms with Gasteiger partial charge in [0.15, 0.2) is 9.84 Å². The topological polar surface area (TPSA) is 110 Å². The van der Waals surface area contributed by atoms with Crippen LogP contribution in [-0.2, 0) is 9.84 Å². The molecule has 1 aromatic heterocycles. The Morgan fingerprint density at radius 1 is 1.18 bits per heavy atom. The van der Waals surface area contributed by atoms with Gasteiger partial charge in [0.05, 0.1) is 12.0 Å². The first-order chi connectivity index (χ1) is 10.4. The highest BCUT2D eigenvalue weighted by Gasteiger charge is 2.10. The molecule has 0 bridgehead atoms. The maximum absolute atomic E-state index is 11.9. The Labute approximate surface area is 127 Å². The van der Waals surface area contributed by atoms with Gasteiger partial charge in [-0.2, -0.15) is 4.98 Å². The molecule has 22 heavy (non-hydrogen) atoms. The molecule has 0 aliphatic heterocycles. The lowest BCUT2D eigenvalue weighted by atomic mass is 10.2. The van der Waals surface area contributed by atoms with Crippen molar-refractivity contribution < 1.29 is 17.9 Å². The smallest absolute Gasteiger partial charge is 0.269 e. The summed E-state index contributed by atoms with van der Waals surface area (Å²) < 4.78 is 27.6. The summed E-state index contributed by atoms with van der Waals surface area (Å²) in [6.07, 6.45) is 2.57. The molecule has 9 heteroatoms. The van der Waals surface area contributed by atoms with Crippen molar-refractivity contribution in [2.75, 3.05) is 18.8 Å². The number of hydrazine groups is 1. The molecule has 0 aliphatic carbocycles. The van der Waals surface area contributed by atoms with Gasteiger partial charge in [0.2, 0.25) is 11.8 Å². The number of amides is 1. The number of aromatic nitrogens is 2. The minimum atomic E-state index is -3.29. The highest BCUT2D eigenvalue weighted by atomic mass is 32.2. The average Bonchev–Trinajstić information content (AvgIpc) is 2.52. The molecule has 0 atom stereocenters. The number of sulfone groups is 1. The normalized spacial score (nSPS) is 10.8. The van der Waals surface area contributed by atoms with Gasteiger partial charge >= 0.3 is 0 Å². The van der Waals surface area contributed by atoms with Crippen LogP contribution in [0.15, 0.2) is 41.4 Å². The number of methoxy groups -OCH3 is 1. The van der Waals surface area contributed by atoms with Crippen LogP contribution in [0.5, 0.6) is 5.88 Å². The number of hydrogen-bond acceptors (Lipinski definition) is 7. The monoisotopic (exact) mass is 322 g/mol. The zero-order valence-electron chi connectivity index (χ0n) is 11.9. The van der Waals surface area contributed by atoms with Crippen molar-refractivity contribution in [3.8, 4) is 5.88 Å². The first kappa shape index (κ1) is 15.7. The highest BCUT2D eigenvalue weighted by molar-refractivity contribution is 7.90. The molecule has 116 valence electrons. The number of benzene rings is 1. The second-order valence-electron chi connectivity index (χ2n) is 4.30. The standard InChI is InChI=1S/C13H14N4O4S/c1-21-11-7-8-14-13(15-11)17-16-12(18)9-3-5-10(6-4-9)22(2,19)20/h3-8H,1-2H3,(H,16,18)(H,14,15,17). The molecule has 8 nitrogen and oxygen atoms in total. The Bertz CT molecular complexity index is 775. The summed E-state index contributed by atoms with van der Waals surface area (Å²) in [5, 5.41) is 0. The van der Waals surface area contributed by atoms with E-state index in [1.807, 2.05) is 0 Å². The quantitative estimate of drug-likeness (QED) is 0.777. The van der Waals surface area contributed by atoms with Gasteiger partial charge in [0, 0.05) is 24.1 Å². The van der Waals surface area contributed by atoms with Gasteiger partial charge in [-0.15, -0.1) is 0 Å². The van der Waals surface area contributed by atoms with Gasteiger partial charge in [0.1, 0.15) is 0 Å². The van der Waals surface area contributed by atoms with E-state index in [1.165, 1.54) is 37.6 Å². The van der Waals surface area contributed by atoms with E-state index < -0.39 is 15.7 Å². The third-order valence-corrected chi connectivity index (χ3v) is 3.80. The minimum absolute atomic E-state index is 0.146. The summed E-state index contributed by atoms with van der Waals surface area (Å²) in [6.45, 7) is 0. The molecule has 0 spiro atoms. The first-order valence-corrected chi connectivity index (χ1v) is 8.03. The van der Waals surface area contributed by atoms with E-state index in [2.05, 4.69) is 20.8 Å². The van der Waals surface area contributed by atoms with Crippen molar-refractivity contribution in [2.24, 2.45) is 0 Å². The van der Waals surface area contributed by atoms with Gasteiger partial charge < -0.3 is 4.74 Å². The zero-order valence-corrected chi connectivity index (χ0v) is 12.7. The van der Waals surface area contributed by atoms with Crippen LogP contribution in [0.3, 0.4) is 0 Å². The summed E-state index contributed by atoms with van der Waals surface area (Å²) in [5.74, 6) is 0.0659. The molecular formula is C13H14N4O4S. The SMILES string of the molecule is COc1ccnc(NNC(=O)c2ccc(S(C)(=O)=O)cc2)n1. The lowest BCUT2D eigenvalue weighted by molar-refractivity contribution is 0.0962. The van der Waals surface area contributed by atoms with E-state index in [-0.39, 0.29) is 10.8 Å². The minimum Gasteiger partial charge on any atom is -0.481 e. The van der Waals surface area contributed by atoms with Crippen molar-refractivity contribution in [3.63, 3.8) is 0 Å². The fourth-order valence-corrected chi connectivity index (χ4v) is 2.18. The maximum atomic E-state index is 11.9. The Morgan fingerprint density at radius 2 is 1.86 bits per heavy atom. The lowest BCUT2D eigenvalue weighted by Gasteiger charge is -2.08. The Balaban J connectivity index is 2.03. The number of carbonyl (C=O) groups excluding carboxylic acids is 1. The van der Waals surface area contributed by atoms with Crippen LogP contribution < -0.4 is 15.6 Å². The molecule has 2 rings (SSSR count). The summed E-state index contributed by atoms with van der Waals surface area (Å²) in [5.41, 5.74) is 5.24. The van der Waals surface area contributed by atoms with Crippen molar-refractivity contribution in [3.05, 3.63) is 42.1 Å². The average molecular weight is 322 g/mol. The van der Waals surface area contributed by atoms with E-state index in [1.54, 1.807) is 6.07 Å². The van der Waals surface area contributed by atoms with Crippen LogP contribution in [0.25, 0.3) is 0 Å². The number of rotatable bonds is 5. The number of anilines is 1. The summed E-state index contributed by atoms with van der Waals surface area (Å²) in [7, 11) is -1.82. The third kappa shape index (κ3) is 3.92. The number of hydrogen-bond donors (Lipinski definition) is 2. The highest BCUT2D eigenvalue weighted by Crippen LogP contribution is 2.10. The predicted octanol–water partition coefficient (Wildman–Crippen LogP) is 0.646. The van der Waals surface area contributed by atoms with E-state index in [9.17, 15) is 13.2 Å². The summed E-state index contributed by atoms with van der Waals surface area (Å²) >= 11 is 0. The lowest BCUT2D eigenvalue weighted by Crippen LogP contribution is -2.30. The second-order valence-corrected chi connectivity index (χ2v) is 6.31. The van der Waals surface area contributed by atoms with Crippen LogP contribution in [0.1, 0.15) is 10.4 Å². The maximum Gasteiger partial charge on any atom is 0.269 e. The molecule has 1 amide bonds. The van der Waals surface area contributed by atoms with E-state index >= 15 is 0 Å². The van der Waals surface area contributed by atoms with E-state index in [4.69, 9.17) is 4.74 Å². The molecule has 0 saturated carbocycles. The van der Waals surface area contributed by atoms with Gasteiger partial charge in [0.25, 0.3) is 5.91 Å². The number of carbonyl (C=O) groups is 1. The molecule has 1 aromatic carbocycles.